The summed E-state index contributed by atoms with van der Waals surface area (Å²) in [4.78, 5) is 25.9. The number of carbonyl (C=O) groups excluding carboxylic acids is 2. The van der Waals surface area contributed by atoms with E-state index >= 15 is 0 Å². The van der Waals surface area contributed by atoms with Gasteiger partial charge in [0.1, 0.15) is 5.60 Å². The maximum Gasteiger partial charge on any atom is 0.417 e. The smallest absolute Gasteiger partial charge is 0.417 e. The zero-order valence-electron chi connectivity index (χ0n) is 11.3. The molecule has 0 aromatic heterocycles. The van der Waals surface area contributed by atoms with Gasteiger partial charge < -0.3 is 4.74 Å². The predicted octanol–water partition coefficient (Wildman–Crippen LogP) is 2.57. The molecule has 2 saturated carbocycles. The van der Waals surface area contributed by atoms with Gasteiger partial charge in [-0.3, -0.25) is 4.79 Å². The van der Waals surface area contributed by atoms with E-state index in [9.17, 15) is 9.59 Å². The lowest BCUT2D eigenvalue weighted by molar-refractivity contribution is -0.133. The molecule has 2 aliphatic carbocycles. The molecular weight excluding hydrogens is 230 g/mol. The molecule has 4 nitrogen and oxygen atoms in total. The lowest BCUT2D eigenvalue weighted by Gasteiger charge is -2.44. The fraction of sp³-hybridized carbons (Fsp3) is 0.857. The van der Waals surface area contributed by atoms with Crippen molar-refractivity contribution in [3.8, 4) is 0 Å². The van der Waals surface area contributed by atoms with Gasteiger partial charge in [-0.2, -0.15) is 0 Å². The van der Waals surface area contributed by atoms with Crippen LogP contribution < -0.4 is 0 Å². The van der Waals surface area contributed by atoms with Crippen molar-refractivity contribution in [3.05, 3.63) is 0 Å². The fourth-order valence-electron chi connectivity index (χ4n) is 3.89. The van der Waals surface area contributed by atoms with Crippen LogP contribution in [0.15, 0.2) is 0 Å². The monoisotopic (exact) mass is 251 g/mol. The van der Waals surface area contributed by atoms with Gasteiger partial charge in [-0.1, -0.05) is 6.42 Å². The standard InChI is InChI=1S/C14H21NO3/c1-14(2,3)18-13(17)15-10-6-4-5-8-7-9(11(8)10)12(15)16/h8-11H,4-7H2,1-3H3. The summed E-state index contributed by atoms with van der Waals surface area (Å²) in [7, 11) is 0. The van der Waals surface area contributed by atoms with E-state index in [1.165, 1.54) is 11.3 Å². The summed E-state index contributed by atoms with van der Waals surface area (Å²) in [5, 5.41) is 0. The Morgan fingerprint density at radius 1 is 1.33 bits per heavy atom. The summed E-state index contributed by atoms with van der Waals surface area (Å²) in [6.45, 7) is 5.51. The Kier molecular flexibility index (Phi) is 2.48. The first kappa shape index (κ1) is 12.0. The second-order valence-electron chi connectivity index (χ2n) is 6.87. The van der Waals surface area contributed by atoms with E-state index in [0.717, 1.165) is 19.3 Å². The Balaban J connectivity index is 1.79. The third kappa shape index (κ3) is 1.65. The number of likely N-dealkylation sites (tertiary alicyclic amines) is 1. The summed E-state index contributed by atoms with van der Waals surface area (Å²) in [6.07, 6.45) is 3.87. The van der Waals surface area contributed by atoms with Gasteiger partial charge >= 0.3 is 6.09 Å². The predicted molar refractivity (Wildman–Crippen MR) is 65.8 cm³/mol. The van der Waals surface area contributed by atoms with Crippen molar-refractivity contribution in [3.63, 3.8) is 0 Å². The van der Waals surface area contributed by atoms with Crippen molar-refractivity contribution in [2.75, 3.05) is 0 Å². The van der Waals surface area contributed by atoms with Crippen LogP contribution >= 0.6 is 0 Å². The molecular formula is C14H21NO3. The Hall–Kier alpha value is -1.06. The molecule has 0 bridgehead atoms. The molecule has 0 radical (unpaired) electrons. The van der Waals surface area contributed by atoms with Crippen LogP contribution in [0.3, 0.4) is 0 Å². The molecule has 4 unspecified atom stereocenters. The maximum atomic E-state index is 12.3. The summed E-state index contributed by atoms with van der Waals surface area (Å²) < 4.78 is 5.37. The van der Waals surface area contributed by atoms with E-state index in [1.807, 2.05) is 20.8 Å². The van der Waals surface area contributed by atoms with E-state index in [2.05, 4.69) is 0 Å². The molecule has 1 heterocycles. The first-order chi connectivity index (χ1) is 8.38. The van der Waals surface area contributed by atoms with Crippen molar-refractivity contribution < 1.29 is 14.3 Å². The molecule has 2 amide bonds. The Bertz CT molecular complexity index is 398. The highest BCUT2D eigenvalue weighted by Gasteiger charge is 2.61. The zero-order valence-corrected chi connectivity index (χ0v) is 11.3. The highest BCUT2D eigenvalue weighted by Crippen LogP contribution is 2.55. The number of imide groups is 1. The van der Waals surface area contributed by atoms with Crippen molar-refractivity contribution >= 4 is 12.0 Å². The molecule has 0 aromatic rings. The second kappa shape index (κ2) is 3.72. The normalized spacial score (nSPS) is 38.2. The van der Waals surface area contributed by atoms with Crippen molar-refractivity contribution in [2.45, 2.75) is 58.1 Å². The molecule has 0 N–H and O–H groups in total. The third-order valence-corrected chi connectivity index (χ3v) is 4.56. The molecule has 0 spiro atoms. The molecule has 3 fully saturated rings. The van der Waals surface area contributed by atoms with E-state index in [4.69, 9.17) is 4.74 Å². The summed E-state index contributed by atoms with van der Waals surface area (Å²) in [6, 6.07) is 0.116. The average Bonchev–Trinajstić information content (AvgIpc) is 2.43. The third-order valence-electron chi connectivity index (χ3n) is 4.56. The quantitative estimate of drug-likeness (QED) is 0.664. The summed E-state index contributed by atoms with van der Waals surface area (Å²) >= 11 is 0. The first-order valence-electron chi connectivity index (χ1n) is 6.94. The molecule has 1 saturated heterocycles. The van der Waals surface area contributed by atoms with Gasteiger partial charge in [0.25, 0.3) is 0 Å². The maximum absolute atomic E-state index is 12.3. The topological polar surface area (TPSA) is 46.6 Å². The Morgan fingerprint density at radius 2 is 2.06 bits per heavy atom. The highest BCUT2D eigenvalue weighted by molar-refractivity contribution is 5.96. The molecule has 3 aliphatic rings. The minimum absolute atomic E-state index is 0.0115. The number of carbonyl (C=O) groups is 2. The van der Waals surface area contributed by atoms with Gasteiger partial charge in [-0.25, -0.2) is 9.69 Å². The van der Waals surface area contributed by atoms with Crippen LogP contribution in [0.1, 0.15) is 46.5 Å². The van der Waals surface area contributed by atoms with Crippen LogP contribution in [0, 0.1) is 17.8 Å². The number of amides is 2. The number of nitrogens with zero attached hydrogens (tertiary/aromatic N) is 1. The van der Waals surface area contributed by atoms with Crippen LogP contribution in [-0.2, 0) is 9.53 Å². The van der Waals surface area contributed by atoms with Crippen molar-refractivity contribution in [1.82, 2.24) is 4.90 Å². The summed E-state index contributed by atoms with van der Waals surface area (Å²) in [5.74, 6) is 1.22. The van der Waals surface area contributed by atoms with Crippen LogP contribution in [-0.4, -0.2) is 28.5 Å². The van der Waals surface area contributed by atoms with Crippen molar-refractivity contribution in [2.24, 2.45) is 17.8 Å². The fourth-order valence-corrected chi connectivity index (χ4v) is 3.89. The average molecular weight is 251 g/mol. The van der Waals surface area contributed by atoms with Crippen LogP contribution in [0.2, 0.25) is 0 Å². The van der Waals surface area contributed by atoms with E-state index in [-0.39, 0.29) is 17.9 Å². The lowest BCUT2D eigenvalue weighted by atomic mass is 9.59. The van der Waals surface area contributed by atoms with Crippen LogP contribution in [0.5, 0.6) is 0 Å². The van der Waals surface area contributed by atoms with Gasteiger partial charge in [0.05, 0.1) is 0 Å². The van der Waals surface area contributed by atoms with Crippen LogP contribution in [0.25, 0.3) is 0 Å². The van der Waals surface area contributed by atoms with Crippen molar-refractivity contribution in [1.29, 1.82) is 0 Å². The van der Waals surface area contributed by atoms with Gasteiger partial charge in [0.15, 0.2) is 0 Å². The van der Waals surface area contributed by atoms with E-state index in [0.29, 0.717) is 11.8 Å². The second-order valence-corrected chi connectivity index (χ2v) is 6.87. The first-order valence-corrected chi connectivity index (χ1v) is 6.94. The molecule has 100 valence electrons. The molecule has 4 heteroatoms. The molecule has 1 aliphatic heterocycles. The number of ether oxygens (including phenoxy) is 1. The minimum Gasteiger partial charge on any atom is -0.443 e. The molecule has 4 atom stereocenters. The SMILES string of the molecule is CC(C)(C)OC(=O)N1C(=O)C2CC3CCCC1C32. The van der Waals surface area contributed by atoms with E-state index in [1.54, 1.807) is 0 Å². The Morgan fingerprint density at radius 3 is 2.72 bits per heavy atom. The molecule has 3 rings (SSSR count). The number of hydrogen-bond donors (Lipinski definition) is 0. The number of hydrogen-bond acceptors (Lipinski definition) is 3. The van der Waals surface area contributed by atoms with Gasteiger partial charge in [0.2, 0.25) is 5.91 Å². The molecule has 0 aromatic carbocycles. The summed E-state index contributed by atoms with van der Waals surface area (Å²) in [5.41, 5.74) is -0.535. The van der Waals surface area contributed by atoms with Gasteiger partial charge in [-0.15, -0.1) is 0 Å². The molecule has 18 heavy (non-hydrogen) atoms. The van der Waals surface area contributed by atoms with Crippen LogP contribution in [0.4, 0.5) is 4.79 Å². The Labute approximate surface area is 108 Å². The van der Waals surface area contributed by atoms with Gasteiger partial charge in [-0.05, 0) is 51.9 Å². The van der Waals surface area contributed by atoms with Gasteiger partial charge in [0, 0.05) is 12.0 Å². The minimum atomic E-state index is -0.535. The highest BCUT2D eigenvalue weighted by atomic mass is 16.6. The lowest BCUT2D eigenvalue weighted by Crippen LogP contribution is -2.46. The largest absolute Gasteiger partial charge is 0.443 e. The number of rotatable bonds is 0. The zero-order chi connectivity index (χ0) is 13.1. The van der Waals surface area contributed by atoms with E-state index < -0.39 is 11.7 Å².